The summed E-state index contributed by atoms with van der Waals surface area (Å²) in [5.41, 5.74) is 6.04. The summed E-state index contributed by atoms with van der Waals surface area (Å²) < 4.78 is 32.4. The first-order chi connectivity index (χ1) is 13.0. The van der Waals surface area contributed by atoms with E-state index in [-0.39, 0.29) is 18.4 Å². The van der Waals surface area contributed by atoms with Gasteiger partial charge in [0.05, 0.1) is 18.4 Å². The van der Waals surface area contributed by atoms with Crippen molar-refractivity contribution < 1.29 is 13.2 Å². The van der Waals surface area contributed by atoms with Crippen LogP contribution in [0.15, 0.2) is 16.6 Å². The molecule has 0 radical (unpaired) electrons. The molecular formula is C16H28N6O3S2. The van der Waals surface area contributed by atoms with Gasteiger partial charge in [-0.25, -0.2) is 18.1 Å². The molecule has 2 aliphatic rings. The molecule has 1 atom stereocenters. The van der Waals surface area contributed by atoms with Crippen molar-refractivity contribution in [2.24, 2.45) is 10.7 Å². The number of sulfonamides is 1. The van der Waals surface area contributed by atoms with E-state index in [4.69, 9.17) is 10.5 Å². The Morgan fingerprint density at radius 1 is 1.37 bits per heavy atom. The SMILES string of the molecule is NC(=NCCS(=O)(=O)NCC1CCCCO1)N1CCN(c2nccs2)CC1. The summed E-state index contributed by atoms with van der Waals surface area (Å²) >= 11 is 1.62. The van der Waals surface area contributed by atoms with Crippen molar-refractivity contribution in [2.45, 2.75) is 25.4 Å². The summed E-state index contributed by atoms with van der Waals surface area (Å²) in [7, 11) is -3.37. The van der Waals surface area contributed by atoms with Gasteiger partial charge in [-0.1, -0.05) is 0 Å². The Balaban J connectivity index is 1.38. The van der Waals surface area contributed by atoms with Crippen molar-refractivity contribution in [1.29, 1.82) is 0 Å². The number of guanidine groups is 1. The van der Waals surface area contributed by atoms with Crippen LogP contribution in [0, 0.1) is 0 Å². The summed E-state index contributed by atoms with van der Waals surface area (Å²) in [6.07, 6.45) is 4.83. The molecule has 2 saturated heterocycles. The highest BCUT2D eigenvalue weighted by Gasteiger charge is 2.20. The minimum absolute atomic E-state index is 0.0174. The predicted molar refractivity (Wildman–Crippen MR) is 108 cm³/mol. The third-order valence-electron chi connectivity index (χ3n) is 4.73. The number of thiazole rings is 1. The van der Waals surface area contributed by atoms with Crippen LogP contribution in [0.4, 0.5) is 5.13 Å². The van der Waals surface area contributed by atoms with Gasteiger partial charge in [0, 0.05) is 50.9 Å². The highest BCUT2D eigenvalue weighted by molar-refractivity contribution is 7.89. The first-order valence-electron chi connectivity index (χ1n) is 9.32. The molecule has 9 nitrogen and oxygen atoms in total. The number of hydrogen-bond donors (Lipinski definition) is 2. The molecule has 0 bridgehead atoms. The van der Waals surface area contributed by atoms with E-state index in [0.717, 1.165) is 50.6 Å². The zero-order valence-corrected chi connectivity index (χ0v) is 17.1. The lowest BCUT2D eigenvalue weighted by Crippen LogP contribution is -2.51. The van der Waals surface area contributed by atoms with Gasteiger partial charge in [0.2, 0.25) is 10.0 Å². The second-order valence-electron chi connectivity index (χ2n) is 6.68. The molecule has 0 saturated carbocycles. The molecule has 0 spiro atoms. The Bertz CT molecular complexity index is 696. The number of aliphatic imine (C=N–C) groups is 1. The summed E-state index contributed by atoms with van der Waals surface area (Å²) in [5, 5.41) is 2.98. The molecule has 0 amide bonds. The van der Waals surface area contributed by atoms with Gasteiger partial charge in [-0.05, 0) is 19.3 Å². The summed E-state index contributed by atoms with van der Waals surface area (Å²) in [6, 6.07) is 0. The Labute approximate surface area is 164 Å². The average molecular weight is 417 g/mol. The van der Waals surface area contributed by atoms with Crippen molar-refractivity contribution in [3.05, 3.63) is 11.6 Å². The molecule has 2 aliphatic heterocycles. The van der Waals surface area contributed by atoms with Crippen LogP contribution in [0.3, 0.4) is 0 Å². The number of hydrogen-bond acceptors (Lipinski definition) is 7. The van der Waals surface area contributed by atoms with E-state index in [0.29, 0.717) is 19.1 Å². The first-order valence-corrected chi connectivity index (χ1v) is 11.8. The van der Waals surface area contributed by atoms with Gasteiger partial charge in [-0.3, -0.25) is 4.99 Å². The number of anilines is 1. The van der Waals surface area contributed by atoms with Crippen molar-refractivity contribution in [2.75, 3.05) is 56.5 Å². The fourth-order valence-electron chi connectivity index (χ4n) is 3.14. The lowest BCUT2D eigenvalue weighted by atomic mass is 10.1. The number of rotatable bonds is 7. The molecule has 3 rings (SSSR count). The van der Waals surface area contributed by atoms with E-state index in [1.54, 1.807) is 17.5 Å². The Kier molecular flexibility index (Phi) is 7.27. The van der Waals surface area contributed by atoms with Crippen LogP contribution < -0.4 is 15.4 Å². The molecule has 11 heteroatoms. The number of nitrogens with two attached hydrogens (primary N) is 1. The van der Waals surface area contributed by atoms with E-state index in [2.05, 4.69) is 19.6 Å². The maximum absolute atomic E-state index is 12.1. The van der Waals surface area contributed by atoms with E-state index in [9.17, 15) is 8.42 Å². The second-order valence-corrected chi connectivity index (χ2v) is 9.48. The van der Waals surface area contributed by atoms with Crippen LogP contribution in [0.25, 0.3) is 0 Å². The average Bonchev–Trinajstić information content (AvgIpc) is 3.22. The second kappa shape index (κ2) is 9.67. The molecule has 27 heavy (non-hydrogen) atoms. The van der Waals surface area contributed by atoms with Crippen LogP contribution in [0.1, 0.15) is 19.3 Å². The van der Waals surface area contributed by atoms with E-state index >= 15 is 0 Å². The molecular weight excluding hydrogens is 388 g/mol. The zero-order valence-electron chi connectivity index (χ0n) is 15.4. The molecule has 0 aromatic carbocycles. The topological polar surface area (TPSA) is 113 Å². The van der Waals surface area contributed by atoms with Gasteiger partial charge in [0.25, 0.3) is 0 Å². The number of aromatic nitrogens is 1. The molecule has 152 valence electrons. The zero-order chi connectivity index (χ0) is 19.1. The van der Waals surface area contributed by atoms with Crippen LogP contribution in [-0.4, -0.2) is 82.0 Å². The summed E-state index contributed by atoms with van der Waals surface area (Å²) in [5.74, 6) is 0.332. The smallest absolute Gasteiger partial charge is 0.213 e. The molecule has 1 unspecified atom stereocenters. The monoisotopic (exact) mass is 416 g/mol. The minimum Gasteiger partial charge on any atom is -0.377 e. The van der Waals surface area contributed by atoms with Gasteiger partial charge in [0.1, 0.15) is 0 Å². The number of nitrogens with one attached hydrogen (secondary N) is 1. The first kappa shape index (κ1) is 20.3. The van der Waals surface area contributed by atoms with Crippen LogP contribution >= 0.6 is 11.3 Å². The molecule has 3 heterocycles. The van der Waals surface area contributed by atoms with Crippen molar-refractivity contribution >= 4 is 32.5 Å². The molecule has 3 N–H and O–H groups in total. The van der Waals surface area contributed by atoms with Gasteiger partial charge in [-0.15, -0.1) is 11.3 Å². The van der Waals surface area contributed by atoms with E-state index < -0.39 is 10.0 Å². The van der Waals surface area contributed by atoms with Gasteiger partial charge < -0.3 is 20.3 Å². The van der Waals surface area contributed by atoms with Gasteiger partial charge >= 0.3 is 0 Å². The lowest BCUT2D eigenvalue weighted by Gasteiger charge is -2.35. The van der Waals surface area contributed by atoms with Crippen LogP contribution in [0.2, 0.25) is 0 Å². The van der Waals surface area contributed by atoms with Gasteiger partial charge in [-0.2, -0.15) is 0 Å². The Morgan fingerprint density at radius 2 is 2.19 bits per heavy atom. The molecule has 2 fully saturated rings. The van der Waals surface area contributed by atoms with Crippen LogP contribution in [-0.2, 0) is 14.8 Å². The Morgan fingerprint density at radius 3 is 2.85 bits per heavy atom. The van der Waals surface area contributed by atoms with E-state index in [1.165, 1.54) is 0 Å². The maximum atomic E-state index is 12.1. The molecule has 0 aliphatic carbocycles. The fraction of sp³-hybridized carbons (Fsp3) is 0.750. The maximum Gasteiger partial charge on any atom is 0.213 e. The third kappa shape index (κ3) is 6.30. The predicted octanol–water partition coefficient (Wildman–Crippen LogP) is 0.0683. The van der Waals surface area contributed by atoms with Crippen molar-refractivity contribution in [3.8, 4) is 0 Å². The standard InChI is InChI=1S/C16H28N6O3S2/c17-15(21-6-8-22(9-7-21)16-19-4-11-26-16)18-5-12-27(23,24)20-13-14-3-1-2-10-25-14/h4,11,14,20H,1-3,5-10,12-13H2,(H2,17,18). The third-order valence-corrected chi connectivity index (χ3v) is 6.89. The van der Waals surface area contributed by atoms with Crippen molar-refractivity contribution in [3.63, 3.8) is 0 Å². The highest BCUT2D eigenvalue weighted by Crippen LogP contribution is 2.18. The Hall–Kier alpha value is -1.43. The van der Waals surface area contributed by atoms with Crippen molar-refractivity contribution in [1.82, 2.24) is 14.6 Å². The quantitative estimate of drug-likeness (QED) is 0.478. The molecule has 1 aromatic heterocycles. The van der Waals surface area contributed by atoms with Crippen LogP contribution in [0.5, 0.6) is 0 Å². The number of nitrogens with zero attached hydrogens (tertiary/aromatic N) is 4. The molecule has 1 aromatic rings. The number of ether oxygens (including phenoxy) is 1. The largest absolute Gasteiger partial charge is 0.377 e. The van der Waals surface area contributed by atoms with Gasteiger partial charge in [0.15, 0.2) is 11.1 Å². The number of piperazine rings is 1. The highest BCUT2D eigenvalue weighted by atomic mass is 32.2. The van der Waals surface area contributed by atoms with E-state index in [1.807, 2.05) is 10.3 Å². The summed E-state index contributed by atoms with van der Waals surface area (Å²) in [4.78, 5) is 12.8. The summed E-state index contributed by atoms with van der Waals surface area (Å²) in [6.45, 7) is 4.34. The fourth-order valence-corrected chi connectivity index (χ4v) is 4.75. The normalized spacial score (nSPS) is 22.2. The lowest BCUT2D eigenvalue weighted by molar-refractivity contribution is 0.0200. The minimum atomic E-state index is -3.37.